The quantitative estimate of drug-likeness (QED) is 0.670. The lowest BCUT2D eigenvalue weighted by Gasteiger charge is -2.32. The Labute approximate surface area is 134 Å². The summed E-state index contributed by atoms with van der Waals surface area (Å²) in [5.74, 6) is -0.0638. The van der Waals surface area contributed by atoms with E-state index in [1.54, 1.807) is 0 Å². The molecule has 0 aromatic heterocycles. The van der Waals surface area contributed by atoms with Crippen molar-refractivity contribution < 1.29 is 4.79 Å². The lowest BCUT2D eigenvalue weighted by atomic mass is 10.0. The predicted molar refractivity (Wildman–Crippen MR) is 91.9 cm³/mol. The summed E-state index contributed by atoms with van der Waals surface area (Å²) in [5, 5.41) is 2.74. The molecule has 3 rings (SSSR count). The van der Waals surface area contributed by atoms with Crippen LogP contribution in [0.5, 0.6) is 0 Å². The van der Waals surface area contributed by atoms with E-state index in [-0.39, 0.29) is 5.91 Å². The van der Waals surface area contributed by atoms with E-state index in [9.17, 15) is 4.79 Å². The van der Waals surface area contributed by atoms with Gasteiger partial charge >= 0.3 is 0 Å². The minimum Gasteiger partial charge on any atom is -0.370 e. The number of piperidine rings is 1. The second-order valence-electron chi connectivity index (χ2n) is 5.44. The Bertz CT molecular complexity index is 601. The van der Waals surface area contributed by atoms with Crippen molar-refractivity contribution in [1.29, 1.82) is 0 Å². The van der Waals surface area contributed by atoms with Crippen LogP contribution < -0.4 is 5.32 Å². The maximum Gasteiger partial charge on any atom is 0.265 e. The first-order valence-electron chi connectivity index (χ1n) is 7.24. The van der Waals surface area contributed by atoms with Crippen molar-refractivity contribution in [3.63, 3.8) is 0 Å². The average Bonchev–Trinajstić information content (AvgIpc) is 2.81. The standard InChI is InChI=1S/C16H18N2OS2/c1-11-5-7-12(8-6-11)13(18-9-3-2-4-10-18)14-15(19)17-16(20)21-14/h5-8H,2-4,9-10H2,1H3,(H,17,19,20)/b14-13+. The van der Waals surface area contributed by atoms with Crippen LogP contribution in [0.25, 0.3) is 5.70 Å². The molecule has 0 saturated carbocycles. The smallest absolute Gasteiger partial charge is 0.265 e. The minimum atomic E-state index is -0.0638. The first-order valence-corrected chi connectivity index (χ1v) is 8.47. The second kappa shape index (κ2) is 6.20. The van der Waals surface area contributed by atoms with Crippen molar-refractivity contribution in [2.45, 2.75) is 26.2 Å². The monoisotopic (exact) mass is 318 g/mol. The zero-order valence-corrected chi connectivity index (χ0v) is 13.6. The molecule has 0 bridgehead atoms. The van der Waals surface area contributed by atoms with E-state index in [0.29, 0.717) is 4.32 Å². The van der Waals surface area contributed by atoms with Crippen LogP contribution in [-0.2, 0) is 4.79 Å². The van der Waals surface area contributed by atoms with Crippen LogP contribution >= 0.6 is 24.0 Å². The van der Waals surface area contributed by atoms with Gasteiger partial charge in [-0.1, -0.05) is 53.8 Å². The topological polar surface area (TPSA) is 32.3 Å². The molecule has 21 heavy (non-hydrogen) atoms. The zero-order valence-electron chi connectivity index (χ0n) is 12.0. The van der Waals surface area contributed by atoms with Crippen molar-refractivity contribution in [3.05, 3.63) is 40.3 Å². The molecule has 1 N–H and O–H groups in total. The largest absolute Gasteiger partial charge is 0.370 e. The molecule has 0 aliphatic carbocycles. The lowest BCUT2D eigenvalue weighted by Crippen LogP contribution is -2.30. The highest BCUT2D eigenvalue weighted by Crippen LogP contribution is 2.35. The van der Waals surface area contributed by atoms with Crippen LogP contribution in [0.1, 0.15) is 30.4 Å². The van der Waals surface area contributed by atoms with Gasteiger partial charge in [0.25, 0.3) is 5.91 Å². The summed E-state index contributed by atoms with van der Waals surface area (Å²) in [5.41, 5.74) is 3.36. The van der Waals surface area contributed by atoms with Gasteiger partial charge < -0.3 is 10.2 Å². The van der Waals surface area contributed by atoms with Crippen molar-refractivity contribution in [1.82, 2.24) is 10.2 Å². The number of carbonyl (C=O) groups is 1. The highest BCUT2D eigenvalue weighted by Gasteiger charge is 2.29. The number of benzene rings is 1. The maximum absolute atomic E-state index is 12.2. The number of aryl methyl sites for hydroxylation is 1. The summed E-state index contributed by atoms with van der Waals surface area (Å²) >= 11 is 6.53. The van der Waals surface area contributed by atoms with E-state index < -0.39 is 0 Å². The van der Waals surface area contributed by atoms with Gasteiger partial charge in [0, 0.05) is 13.1 Å². The molecule has 2 saturated heterocycles. The second-order valence-corrected chi connectivity index (χ2v) is 7.12. The van der Waals surface area contributed by atoms with Crippen LogP contribution in [0.4, 0.5) is 0 Å². The number of thioether (sulfide) groups is 1. The predicted octanol–water partition coefficient (Wildman–Crippen LogP) is 3.30. The number of amides is 1. The third kappa shape index (κ3) is 3.14. The molecule has 0 spiro atoms. The highest BCUT2D eigenvalue weighted by molar-refractivity contribution is 8.26. The van der Waals surface area contributed by atoms with Crippen molar-refractivity contribution in [3.8, 4) is 0 Å². The molecule has 1 amide bonds. The summed E-state index contributed by atoms with van der Waals surface area (Å²) in [6.45, 7) is 4.09. The fraction of sp³-hybridized carbons (Fsp3) is 0.375. The van der Waals surface area contributed by atoms with E-state index in [2.05, 4.69) is 41.4 Å². The summed E-state index contributed by atoms with van der Waals surface area (Å²) in [6, 6.07) is 8.38. The van der Waals surface area contributed by atoms with Gasteiger partial charge in [0.15, 0.2) is 0 Å². The molecule has 0 radical (unpaired) electrons. The van der Waals surface area contributed by atoms with Gasteiger partial charge in [0.05, 0.1) is 5.70 Å². The van der Waals surface area contributed by atoms with Crippen molar-refractivity contribution >= 4 is 39.9 Å². The Hall–Kier alpha value is -1.33. The number of thiocarbonyl (C=S) groups is 1. The van der Waals surface area contributed by atoms with Gasteiger partial charge in [-0.3, -0.25) is 4.79 Å². The normalized spacial score (nSPS) is 21.5. The number of likely N-dealkylation sites (tertiary alicyclic amines) is 1. The number of rotatable bonds is 2. The van der Waals surface area contributed by atoms with Gasteiger partial charge in [-0.2, -0.15) is 0 Å². The molecular weight excluding hydrogens is 300 g/mol. The summed E-state index contributed by atoms with van der Waals surface area (Å²) in [4.78, 5) is 15.3. The van der Waals surface area contributed by atoms with Crippen molar-refractivity contribution in [2.24, 2.45) is 0 Å². The Morgan fingerprint density at radius 1 is 1.19 bits per heavy atom. The number of nitrogens with one attached hydrogen (secondary N) is 1. The summed E-state index contributed by atoms with van der Waals surface area (Å²) in [7, 11) is 0. The Kier molecular flexibility index (Phi) is 4.31. The average molecular weight is 318 g/mol. The van der Waals surface area contributed by atoms with Gasteiger partial charge in [-0.15, -0.1) is 0 Å². The maximum atomic E-state index is 12.2. The molecule has 2 fully saturated rings. The fourth-order valence-corrected chi connectivity index (χ4v) is 3.92. The minimum absolute atomic E-state index is 0.0638. The Morgan fingerprint density at radius 3 is 2.43 bits per heavy atom. The number of hydrogen-bond donors (Lipinski definition) is 1. The molecule has 2 aliphatic heterocycles. The van der Waals surface area contributed by atoms with E-state index >= 15 is 0 Å². The van der Waals surface area contributed by atoms with Crippen LogP contribution in [0, 0.1) is 6.92 Å². The highest BCUT2D eigenvalue weighted by atomic mass is 32.2. The van der Waals surface area contributed by atoms with Crippen LogP contribution in [0.15, 0.2) is 29.2 Å². The Morgan fingerprint density at radius 2 is 1.86 bits per heavy atom. The fourth-order valence-electron chi connectivity index (χ4n) is 2.76. The number of carbonyl (C=O) groups excluding carboxylic acids is 1. The molecule has 0 unspecified atom stereocenters. The Balaban J connectivity index is 2.06. The van der Waals surface area contributed by atoms with Crippen molar-refractivity contribution in [2.75, 3.05) is 13.1 Å². The number of nitrogens with zero attached hydrogens (tertiary/aromatic N) is 1. The molecule has 0 atom stereocenters. The van der Waals surface area contributed by atoms with Gasteiger partial charge in [-0.05, 0) is 31.7 Å². The molecule has 2 aliphatic rings. The lowest BCUT2D eigenvalue weighted by molar-refractivity contribution is -0.115. The SMILES string of the molecule is Cc1ccc(/C(=C2\SC(=S)NC2=O)N2CCCCC2)cc1. The molecular formula is C16H18N2OS2. The van der Waals surface area contributed by atoms with E-state index in [0.717, 1.165) is 29.3 Å². The zero-order chi connectivity index (χ0) is 14.8. The van der Waals surface area contributed by atoms with Crippen LogP contribution in [0.2, 0.25) is 0 Å². The summed E-state index contributed by atoms with van der Waals surface area (Å²) < 4.78 is 0.552. The van der Waals surface area contributed by atoms with Crippen LogP contribution in [0.3, 0.4) is 0 Å². The molecule has 2 heterocycles. The molecule has 3 nitrogen and oxygen atoms in total. The first kappa shape index (κ1) is 14.6. The number of hydrogen-bond acceptors (Lipinski definition) is 4. The summed E-state index contributed by atoms with van der Waals surface area (Å²) in [6.07, 6.45) is 3.63. The van der Waals surface area contributed by atoms with E-state index in [1.807, 2.05) is 0 Å². The third-order valence-electron chi connectivity index (χ3n) is 3.83. The van der Waals surface area contributed by atoms with Gasteiger partial charge in [0.2, 0.25) is 0 Å². The van der Waals surface area contributed by atoms with Gasteiger partial charge in [0.1, 0.15) is 9.23 Å². The van der Waals surface area contributed by atoms with E-state index in [4.69, 9.17) is 12.2 Å². The molecule has 1 aromatic carbocycles. The van der Waals surface area contributed by atoms with E-state index in [1.165, 1.54) is 36.6 Å². The molecule has 110 valence electrons. The van der Waals surface area contributed by atoms with Gasteiger partial charge in [-0.25, -0.2) is 0 Å². The molecule has 5 heteroatoms. The molecule has 1 aromatic rings. The van der Waals surface area contributed by atoms with Crippen LogP contribution in [-0.4, -0.2) is 28.2 Å². The third-order valence-corrected chi connectivity index (χ3v) is 5.05. The first-order chi connectivity index (χ1) is 10.1.